The van der Waals surface area contributed by atoms with Gasteiger partial charge in [0.1, 0.15) is 0 Å². The normalized spacial score (nSPS) is 18.1. The number of hydrogen-bond acceptors (Lipinski definition) is 2. The molecule has 0 aliphatic heterocycles. The Kier molecular flexibility index (Phi) is 7.49. The van der Waals surface area contributed by atoms with Gasteiger partial charge in [-0.15, -0.1) is 0 Å². The van der Waals surface area contributed by atoms with Crippen molar-refractivity contribution in [3.8, 4) is 0 Å². The second kappa shape index (κ2) is 11.1. The summed E-state index contributed by atoms with van der Waals surface area (Å²) in [6.45, 7) is 4.02. The molecule has 0 aromatic heterocycles. The highest BCUT2D eigenvalue weighted by atomic mass is 15.2. The molecule has 0 bridgehead atoms. The molecule has 0 fully saturated rings. The van der Waals surface area contributed by atoms with E-state index in [4.69, 9.17) is 0 Å². The Labute approximate surface area is 192 Å². The molecule has 2 nitrogen and oxygen atoms in total. The van der Waals surface area contributed by atoms with Gasteiger partial charge in [0.05, 0.1) is 11.7 Å². The first kappa shape index (κ1) is 21.6. The van der Waals surface area contributed by atoms with Gasteiger partial charge in [-0.05, 0) is 60.7 Å². The second-order valence-corrected chi connectivity index (χ2v) is 7.90. The van der Waals surface area contributed by atoms with Crippen LogP contribution in [0.3, 0.4) is 0 Å². The molecule has 2 aliphatic rings. The second-order valence-electron chi connectivity index (χ2n) is 7.90. The summed E-state index contributed by atoms with van der Waals surface area (Å²) in [5, 5.41) is 0. The fourth-order valence-corrected chi connectivity index (χ4v) is 4.11. The summed E-state index contributed by atoms with van der Waals surface area (Å²) >= 11 is 0. The van der Waals surface area contributed by atoms with Crippen molar-refractivity contribution in [3.05, 3.63) is 127 Å². The fourth-order valence-electron chi connectivity index (χ4n) is 4.11. The summed E-state index contributed by atoms with van der Waals surface area (Å²) in [4.78, 5) is 7.00. The highest BCUT2D eigenvalue weighted by Gasteiger charge is 2.21. The summed E-state index contributed by atoms with van der Waals surface area (Å²) in [5.41, 5.74) is 5.89. The van der Waals surface area contributed by atoms with Gasteiger partial charge in [-0.1, -0.05) is 85.5 Å². The standard InChI is InChI=1S/C30H30N2/c1-2-25(13-12-24-31-27-14-6-3-7-15-27)26-20-22-30(23-21-26)32(28-16-8-4-9-17-28)29-18-10-5-11-19-29/h2-10,13-16,18,20-24,28H,1,11-12,17,19H2. The first-order chi connectivity index (χ1) is 15.8. The first-order valence-corrected chi connectivity index (χ1v) is 11.3. The lowest BCUT2D eigenvalue weighted by Gasteiger charge is -2.35. The minimum atomic E-state index is 0.354. The van der Waals surface area contributed by atoms with Crippen LogP contribution in [0.15, 0.2) is 127 Å². The van der Waals surface area contributed by atoms with Crippen LogP contribution < -0.4 is 4.90 Å². The van der Waals surface area contributed by atoms with Gasteiger partial charge in [-0.3, -0.25) is 4.99 Å². The molecule has 4 rings (SSSR count). The lowest BCUT2D eigenvalue weighted by atomic mass is 10.00. The molecule has 2 aromatic rings. The van der Waals surface area contributed by atoms with Crippen molar-refractivity contribution < 1.29 is 0 Å². The number of nitrogens with zero attached hydrogens (tertiary/aromatic N) is 2. The van der Waals surface area contributed by atoms with E-state index in [0.29, 0.717) is 6.04 Å². The van der Waals surface area contributed by atoms with Crippen molar-refractivity contribution in [2.24, 2.45) is 4.99 Å². The third-order valence-corrected chi connectivity index (χ3v) is 5.73. The summed E-state index contributed by atoms with van der Waals surface area (Å²) in [6.07, 6.45) is 25.5. The largest absolute Gasteiger partial charge is 0.338 e. The zero-order chi connectivity index (χ0) is 22.0. The van der Waals surface area contributed by atoms with E-state index in [-0.39, 0.29) is 0 Å². The molecule has 0 heterocycles. The topological polar surface area (TPSA) is 15.6 Å². The molecular formula is C30H30N2. The number of anilines is 1. The van der Waals surface area contributed by atoms with Crippen LogP contribution in [0.1, 0.15) is 31.2 Å². The summed E-state index contributed by atoms with van der Waals surface area (Å²) in [5.74, 6) is 0. The molecule has 2 aliphatic carbocycles. The molecule has 160 valence electrons. The predicted molar refractivity (Wildman–Crippen MR) is 139 cm³/mol. The average molecular weight is 419 g/mol. The fraction of sp³-hybridized carbons (Fsp3) is 0.167. The lowest BCUT2D eigenvalue weighted by molar-refractivity contribution is 0.720. The Balaban J connectivity index is 1.51. The summed E-state index contributed by atoms with van der Waals surface area (Å²) < 4.78 is 0. The van der Waals surface area contributed by atoms with Crippen LogP contribution in [-0.4, -0.2) is 12.3 Å². The van der Waals surface area contributed by atoms with Gasteiger partial charge in [0.25, 0.3) is 0 Å². The highest BCUT2D eigenvalue weighted by Crippen LogP contribution is 2.31. The number of aliphatic imine (C=N–C) groups is 1. The molecule has 2 aromatic carbocycles. The number of benzene rings is 2. The van der Waals surface area contributed by atoms with E-state index in [2.05, 4.69) is 89.3 Å². The van der Waals surface area contributed by atoms with E-state index in [1.807, 2.05) is 42.6 Å². The van der Waals surface area contributed by atoms with Gasteiger partial charge in [-0.2, -0.15) is 0 Å². The van der Waals surface area contributed by atoms with E-state index in [0.717, 1.165) is 36.9 Å². The molecule has 0 radical (unpaired) electrons. The SMILES string of the molecule is C=CC(=CCC=Nc1ccccc1)c1ccc(N(C2=CC=CCC2)C2C=CC=CC2)cc1. The number of hydrogen-bond donors (Lipinski definition) is 0. The predicted octanol–water partition coefficient (Wildman–Crippen LogP) is 7.97. The van der Waals surface area contributed by atoms with Crippen molar-refractivity contribution in [2.75, 3.05) is 4.90 Å². The van der Waals surface area contributed by atoms with Gasteiger partial charge in [0.2, 0.25) is 0 Å². The van der Waals surface area contributed by atoms with Crippen LogP contribution in [0.5, 0.6) is 0 Å². The molecule has 0 spiro atoms. The van der Waals surface area contributed by atoms with E-state index in [1.54, 1.807) is 0 Å². The van der Waals surface area contributed by atoms with Gasteiger partial charge >= 0.3 is 0 Å². The number of rotatable bonds is 8. The van der Waals surface area contributed by atoms with E-state index in [1.165, 1.54) is 16.9 Å². The highest BCUT2D eigenvalue weighted by molar-refractivity contribution is 5.77. The molecular weight excluding hydrogens is 388 g/mol. The third kappa shape index (κ3) is 5.53. The van der Waals surface area contributed by atoms with Crippen molar-refractivity contribution in [2.45, 2.75) is 31.7 Å². The monoisotopic (exact) mass is 418 g/mol. The third-order valence-electron chi connectivity index (χ3n) is 5.73. The zero-order valence-corrected chi connectivity index (χ0v) is 18.5. The van der Waals surface area contributed by atoms with Crippen LogP contribution in [0.4, 0.5) is 11.4 Å². The lowest BCUT2D eigenvalue weighted by Crippen LogP contribution is -2.34. The molecule has 1 atom stereocenters. The number of para-hydroxylation sites is 1. The molecule has 0 N–H and O–H groups in total. The Hall–Kier alpha value is -3.65. The molecule has 0 saturated carbocycles. The molecule has 2 heteroatoms. The maximum Gasteiger partial charge on any atom is 0.0625 e. The summed E-state index contributed by atoms with van der Waals surface area (Å²) in [7, 11) is 0. The van der Waals surface area contributed by atoms with E-state index in [9.17, 15) is 0 Å². The van der Waals surface area contributed by atoms with Crippen LogP contribution in [-0.2, 0) is 0 Å². The maximum atomic E-state index is 4.51. The van der Waals surface area contributed by atoms with Gasteiger partial charge in [0.15, 0.2) is 0 Å². The smallest absolute Gasteiger partial charge is 0.0625 e. The van der Waals surface area contributed by atoms with E-state index >= 15 is 0 Å². The maximum absolute atomic E-state index is 4.51. The zero-order valence-electron chi connectivity index (χ0n) is 18.5. The quantitative estimate of drug-likeness (QED) is 0.313. The Morgan fingerprint density at radius 3 is 2.53 bits per heavy atom. The van der Waals surface area contributed by atoms with Gasteiger partial charge < -0.3 is 4.90 Å². The van der Waals surface area contributed by atoms with Crippen molar-refractivity contribution in [1.29, 1.82) is 0 Å². The van der Waals surface area contributed by atoms with Crippen molar-refractivity contribution in [1.82, 2.24) is 0 Å². The Morgan fingerprint density at radius 1 is 1.00 bits per heavy atom. The number of allylic oxidation sites excluding steroid dienone is 9. The average Bonchev–Trinajstić information content (AvgIpc) is 2.87. The molecule has 1 unspecified atom stereocenters. The van der Waals surface area contributed by atoms with Gasteiger partial charge in [0, 0.05) is 24.0 Å². The minimum absolute atomic E-state index is 0.354. The molecule has 0 amide bonds. The molecule has 0 saturated heterocycles. The van der Waals surface area contributed by atoms with Crippen molar-refractivity contribution in [3.63, 3.8) is 0 Å². The first-order valence-electron chi connectivity index (χ1n) is 11.3. The Bertz CT molecular complexity index is 1080. The van der Waals surface area contributed by atoms with Crippen LogP contribution in [0.25, 0.3) is 5.57 Å². The summed E-state index contributed by atoms with van der Waals surface area (Å²) in [6, 6.07) is 19.2. The van der Waals surface area contributed by atoms with Gasteiger partial charge in [-0.25, -0.2) is 0 Å². The van der Waals surface area contributed by atoms with Crippen LogP contribution in [0, 0.1) is 0 Å². The molecule has 32 heavy (non-hydrogen) atoms. The van der Waals surface area contributed by atoms with E-state index < -0.39 is 0 Å². The van der Waals surface area contributed by atoms with Crippen LogP contribution in [0.2, 0.25) is 0 Å². The minimum Gasteiger partial charge on any atom is -0.338 e. The Morgan fingerprint density at radius 2 is 1.84 bits per heavy atom. The van der Waals surface area contributed by atoms with Crippen LogP contribution >= 0.6 is 0 Å². The van der Waals surface area contributed by atoms with Crippen molar-refractivity contribution >= 4 is 23.2 Å².